The van der Waals surface area contributed by atoms with Crippen LogP contribution in [0.1, 0.15) is 36.0 Å². The van der Waals surface area contributed by atoms with E-state index in [1.54, 1.807) is 6.07 Å². The van der Waals surface area contributed by atoms with Crippen LogP contribution >= 0.6 is 0 Å². The fourth-order valence-electron chi connectivity index (χ4n) is 4.17. The van der Waals surface area contributed by atoms with Crippen molar-refractivity contribution in [3.05, 3.63) is 30.0 Å². The molecule has 2 aliphatic rings. The second-order valence-corrected chi connectivity index (χ2v) is 7.94. The maximum atomic E-state index is 14.7. The number of hydrogen-bond acceptors (Lipinski definition) is 7. The SMILES string of the molecule is COc1cc(C(N)=O)ccc1Nc1ncc2c(n1)N(C1CCCC1)CC(F)(F)C(=O)N2C. The standard InChI is InChI=1S/C21H24F2N6O3/c1-28-15-10-25-20(26-14-8-7-12(17(24)30)9-16(14)32-2)27-18(15)29(13-5-3-4-6-13)11-21(22,23)19(28)31/h7-10,13H,3-6,11H2,1-2H3,(H2,24,30)(H,25,26,27). The maximum absolute atomic E-state index is 14.7. The van der Waals surface area contributed by atoms with Gasteiger partial charge in [-0.2, -0.15) is 13.8 Å². The van der Waals surface area contributed by atoms with Crippen LogP contribution in [-0.4, -0.2) is 54.4 Å². The summed E-state index contributed by atoms with van der Waals surface area (Å²) in [5.74, 6) is -4.67. The highest BCUT2D eigenvalue weighted by atomic mass is 19.3. The molecule has 0 radical (unpaired) electrons. The first-order valence-corrected chi connectivity index (χ1v) is 10.3. The van der Waals surface area contributed by atoms with Gasteiger partial charge in [-0.15, -0.1) is 0 Å². The Morgan fingerprint density at radius 2 is 2.03 bits per heavy atom. The Hall–Kier alpha value is -3.50. The number of carbonyl (C=O) groups is 2. The molecule has 32 heavy (non-hydrogen) atoms. The van der Waals surface area contributed by atoms with E-state index in [0.717, 1.165) is 30.6 Å². The van der Waals surface area contributed by atoms with Crippen LogP contribution in [0, 0.1) is 0 Å². The molecule has 3 N–H and O–H groups in total. The summed E-state index contributed by atoms with van der Waals surface area (Å²) in [6.45, 7) is -0.735. The van der Waals surface area contributed by atoms with Crippen LogP contribution in [0.5, 0.6) is 5.75 Å². The lowest BCUT2D eigenvalue weighted by Gasteiger charge is -2.31. The molecular weight excluding hydrogens is 422 g/mol. The van der Waals surface area contributed by atoms with Gasteiger partial charge in [0.05, 0.1) is 25.5 Å². The number of nitrogens with two attached hydrogens (primary N) is 1. The zero-order valence-corrected chi connectivity index (χ0v) is 17.8. The molecule has 4 rings (SSSR count). The molecule has 1 aromatic heterocycles. The summed E-state index contributed by atoms with van der Waals surface area (Å²) < 4.78 is 34.7. The van der Waals surface area contributed by atoms with Gasteiger partial charge in [0.2, 0.25) is 11.9 Å². The molecule has 11 heteroatoms. The number of hydrogen-bond donors (Lipinski definition) is 2. The van der Waals surface area contributed by atoms with Crippen LogP contribution in [0.25, 0.3) is 0 Å². The van der Waals surface area contributed by atoms with Crippen LogP contribution in [-0.2, 0) is 4.79 Å². The third kappa shape index (κ3) is 3.90. The molecule has 2 aromatic rings. The number of ether oxygens (including phenoxy) is 1. The average Bonchev–Trinajstić information content (AvgIpc) is 3.29. The number of benzene rings is 1. The predicted molar refractivity (Wildman–Crippen MR) is 115 cm³/mol. The number of primary amides is 1. The van der Waals surface area contributed by atoms with Crippen LogP contribution in [0.15, 0.2) is 24.4 Å². The van der Waals surface area contributed by atoms with Crippen molar-refractivity contribution < 1.29 is 23.1 Å². The van der Waals surface area contributed by atoms with E-state index in [2.05, 4.69) is 15.3 Å². The number of nitrogens with zero attached hydrogens (tertiary/aromatic N) is 4. The number of halogens is 2. The first-order valence-electron chi connectivity index (χ1n) is 10.3. The molecule has 1 aromatic carbocycles. The average molecular weight is 446 g/mol. The Morgan fingerprint density at radius 3 is 2.69 bits per heavy atom. The third-order valence-corrected chi connectivity index (χ3v) is 5.87. The summed E-state index contributed by atoms with van der Waals surface area (Å²) in [5.41, 5.74) is 6.27. The summed E-state index contributed by atoms with van der Waals surface area (Å²) in [6, 6.07) is 4.46. The Kier molecular flexibility index (Phi) is 5.57. The summed E-state index contributed by atoms with van der Waals surface area (Å²) in [7, 11) is 2.74. The lowest BCUT2D eigenvalue weighted by Crippen LogP contribution is -2.48. The lowest BCUT2D eigenvalue weighted by atomic mass is 10.2. The maximum Gasteiger partial charge on any atom is 0.342 e. The number of carbonyl (C=O) groups excluding carboxylic acids is 2. The zero-order valence-electron chi connectivity index (χ0n) is 17.8. The first-order chi connectivity index (χ1) is 15.2. The third-order valence-electron chi connectivity index (χ3n) is 5.87. The fraction of sp³-hybridized carbons (Fsp3) is 0.429. The van der Waals surface area contributed by atoms with E-state index in [-0.39, 0.29) is 29.1 Å². The number of fused-ring (bicyclic) bond motifs is 1. The van der Waals surface area contributed by atoms with Crippen molar-refractivity contribution in [2.24, 2.45) is 5.73 Å². The van der Waals surface area contributed by atoms with Crippen molar-refractivity contribution >= 4 is 35.0 Å². The van der Waals surface area contributed by atoms with E-state index in [9.17, 15) is 18.4 Å². The molecule has 2 amide bonds. The number of methoxy groups -OCH3 is 1. The molecule has 0 unspecified atom stereocenters. The molecule has 1 fully saturated rings. The van der Waals surface area contributed by atoms with E-state index < -0.39 is 24.3 Å². The van der Waals surface area contributed by atoms with Gasteiger partial charge in [0.1, 0.15) is 11.4 Å². The van der Waals surface area contributed by atoms with Crippen LogP contribution in [0.4, 0.5) is 31.9 Å². The van der Waals surface area contributed by atoms with Crippen molar-refractivity contribution in [1.82, 2.24) is 9.97 Å². The highest BCUT2D eigenvalue weighted by Gasteiger charge is 2.48. The predicted octanol–water partition coefficient (Wildman–Crippen LogP) is 2.69. The van der Waals surface area contributed by atoms with E-state index >= 15 is 0 Å². The Morgan fingerprint density at radius 1 is 1.31 bits per heavy atom. The molecule has 0 spiro atoms. The largest absolute Gasteiger partial charge is 0.495 e. The highest BCUT2D eigenvalue weighted by Crippen LogP contribution is 2.40. The molecule has 2 heterocycles. The van der Waals surface area contributed by atoms with E-state index in [0.29, 0.717) is 11.4 Å². The minimum Gasteiger partial charge on any atom is -0.495 e. The van der Waals surface area contributed by atoms with Crippen molar-refractivity contribution in [2.75, 3.05) is 35.8 Å². The van der Waals surface area contributed by atoms with Gasteiger partial charge in [0, 0.05) is 18.7 Å². The summed E-state index contributed by atoms with van der Waals surface area (Å²) in [4.78, 5) is 35.0. The number of anilines is 4. The van der Waals surface area contributed by atoms with Gasteiger partial charge in [-0.25, -0.2) is 4.98 Å². The van der Waals surface area contributed by atoms with Gasteiger partial charge in [0.25, 0.3) is 5.91 Å². The Balaban J connectivity index is 1.74. The van der Waals surface area contributed by atoms with Crippen molar-refractivity contribution in [1.29, 1.82) is 0 Å². The molecule has 1 aliphatic carbocycles. The quantitative estimate of drug-likeness (QED) is 0.726. The smallest absolute Gasteiger partial charge is 0.342 e. The van der Waals surface area contributed by atoms with Gasteiger partial charge in [0.15, 0.2) is 5.82 Å². The molecule has 1 saturated carbocycles. The van der Waals surface area contributed by atoms with Gasteiger partial charge < -0.3 is 25.6 Å². The summed E-state index contributed by atoms with van der Waals surface area (Å²) in [6.07, 6.45) is 4.73. The van der Waals surface area contributed by atoms with Crippen molar-refractivity contribution in [3.63, 3.8) is 0 Å². The van der Waals surface area contributed by atoms with E-state index in [1.807, 2.05) is 0 Å². The number of rotatable bonds is 5. The molecule has 0 atom stereocenters. The number of nitrogens with one attached hydrogen (secondary N) is 1. The number of amides is 2. The second kappa shape index (κ2) is 8.21. The molecule has 170 valence electrons. The lowest BCUT2D eigenvalue weighted by molar-refractivity contribution is -0.140. The van der Waals surface area contributed by atoms with Crippen LogP contribution in [0.3, 0.4) is 0 Å². The Bertz CT molecular complexity index is 1060. The molecule has 1 aliphatic heterocycles. The van der Waals surface area contributed by atoms with Crippen molar-refractivity contribution in [2.45, 2.75) is 37.6 Å². The fourth-order valence-corrected chi connectivity index (χ4v) is 4.17. The normalized spacial score (nSPS) is 18.3. The van der Waals surface area contributed by atoms with Gasteiger partial charge >= 0.3 is 5.92 Å². The molecule has 9 nitrogen and oxygen atoms in total. The number of alkyl halides is 2. The first kappa shape index (κ1) is 21.7. The van der Waals surface area contributed by atoms with Crippen LogP contribution < -0.4 is 25.6 Å². The minimum absolute atomic E-state index is 0.133. The second-order valence-electron chi connectivity index (χ2n) is 7.94. The monoisotopic (exact) mass is 446 g/mol. The topological polar surface area (TPSA) is 114 Å². The molecule has 0 saturated heterocycles. The number of aromatic nitrogens is 2. The Labute approximate surface area is 183 Å². The minimum atomic E-state index is -3.54. The van der Waals surface area contributed by atoms with E-state index in [1.165, 1.54) is 37.4 Å². The van der Waals surface area contributed by atoms with Gasteiger partial charge in [-0.05, 0) is 31.0 Å². The van der Waals surface area contributed by atoms with Gasteiger partial charge in [-0.3, -0.25) is 9.59 Å². The molecular formula is C21H24F2N6O3. The van der Waals surface area contributed by atoms with Gasteiger partial charge in [-0.1, -0.05) is 12.8 Å². The van der Waals surface area contributed by atoms with E-state index in [4.69, 9.17) is 10.5 Å². The molecule has 0 bridgehead atoms. The zero-order chi connectivity index (χ0) is 23.0. The van der Waals surface area contributed by atoms with Crippen LogP contribution in [0.2, 0.25) is 0 Å². The highest BCUT2D eigenvalue weighted by molar-refractivity contribution is 6.02. The van der Waals surface area contributed by atoms with Crippen molar-refractivity contribution in [3.8, 4) is 5.75 Å². The summed E-state index contributed by atoms with van der Waals surface area (Å²) in [5, 5.41) is 3.00. The summed E-state index contributed by atoms with van der Waals surface area (Å²) >= 11 is 0.